The zero-order chi connectivity index (χ0) is 16.5. The number of carbonyl (C=O) groups excluding carboxylic acids is 2. The van der Waals surface area contributed by atoms with Gasteiger partial charge in [0.05, 0.1) is 0 Å². The Bertz CT molecular complexity index is 585. The van der Waals surface area contributed by atoms with Crippen LogP contribution in [0.3, 0.4) is 0 Å². The molecule has 1 heterocycles. The average molecular weight is 302 g/mol. The molecule has 0 fully saturated rings. The summed E-state index contributed by atoms with van der Waals surface area (Å²) in [7, 11) is 0. The van der Waals surface area contributed by atoms with Gasteiger partial charge in [-0.25, -0.2) is 0 Å². The lowest BCUT2D eigenvalue weighted by Crippen LogP contribution is -2.38. The van der Waals surface area contributed by atoms with E-state index in [2.05, 4.69) is 11.4 Å². The van der Waals surface area contributed by atoms with Gasteiger partial charge in [0.15, 0.2) is 0 Å². The Kier molecular flexibility index (Phi) is 4.59. The van der Waals surface area contributed by atoms with Crippen LogP contribution in [0.15, 0.2) is 18.2 Å². The molecule has 1 aromatic carbocycles. The SMILES string of the molecule is CC(C)C(=O)N1CCc2ccc(NC(=O)C(C)(C)C)cc2C1. The van der Waals surface area contributed by atoms with Crippen LogP contribution in [0.1, 0.15) is 45.7 Å². The van der Waals surface area contributed by atoms with Crippen molar-refractivity contribution in [1.29, 1.82) is 0 Å². The second-order valence-electron chi connectivity index (χ2n) is 7.35. The first-order valence-corrected chi connectivity index (χ1v) is 7.90. The highest BCUT2D eigenvalue weighted by atomic mass is 16.2. The van der Waals surface area contributed by atoms with Crippen molar-refractivity contribution in [2.75, 3.05) is 11.9 Å². The van der Waals surface area contributed by atoms with Gasteiger partial charge in [0.2, 0.25) is 11.8 Å². The van der Waals surface area contributed by atoms with Crippen molar-refractivity contribution in [3.63, 3.8) is 0 Å². The van der Waals surface area contributed by atoms with E-state index in [0.29, 0.717) is 6.54 Å². The summed E-state index contributed by atoms with van der Waals surface area (Å²) in [6.07, 6.45) is 0.876. The Morgan fingerprint density at radius 2 is 1.86 bits per heavy atom. The zero-order valence-electron chi connectivity index (χ0n) is 14.2. The summed E-state index contributed by atoms with van der Waals surface area (Å²) in [4.78, 5) is 26.2. The lowest BCUT2D eigenvalue weighted by atomic mass is 9.94. The lowest BCUT2D eigenvalue weighted by molar-refractivity contribution is -0.135. The maximum absolute atomic E-state index is 12.2. The number of anilines is 1. The molecule has 0 bridgehead atoms. The molecule has 0 aromatic heterocycles. The minimum Gasteiger partial charge on any atom is -0.338 e. The Hall–Kier alpha value is -1.84. The molecule has 4 heteroatoms. The Labute approximate surface area is 132 Å². The van der Waals surface area contributed by atoms with Crippen molar-refractivity contribution in [1.82, 2.24) is 4.90 Å². The van der Waals surface area contributed by atoms with Gasteiger partial charge in [-0.15, -0.1) is 0 Å². The van der Waals surface area contributed by atoms with Crippen LogP contribution in [0.2, 0.25) is 0 Å². The highest BCUT2D eigenvalue weighted by Gasteiger charge is 2.24. The van der Waals surface area contributed by atoms with Gasteiger partial charge < -0.3 is 10.2 Å². The number of amides is 2. The van der Waals surface area contributed by atoms with Crippen LogP contribution >= 0.6 is 0 Å². The Balaban J connectivity index is 2.16. The molecule has 4 nitrogen and oxygen atoms in total. The Morgan fingerprint density at radius 1 is 1.18 bits per heavy atom. The van der Waals surface area contributed by atoms with Crippen molar-refractivity contribution in [3.05, 3.63) is 29.3 Å². The summed E-state index contributed by atoms with van der Waals surface area (Å²) in [5.74, 6) is 0.207. The molecule has 1 aliphatic heterocycles. The fourth-order valence-corrected chi connectivity index (χ4v) is 2.51. The molecule has 0 radical (unpaired) electrons. The maximum Gasteiger partial charge on any atom is 0.229 e. The molecule has 0 unspecified atom stereocenters. The topological polar surface area (TPSA) is 49.4 Å². The van der Waals surface area contributed by atoms with Gasteiger partial charge in [-0.3, -0.25) is 9.59 Å². The summed E-state index contributed by atoms with van der Waals surface area (Å²) >= 11 is 0. The van der Waals surface area contributed by atoms with Crippen molar-refractivity contribution in [3.8, 4) is 0 Å². The molecule has 2 amide bonds. The molecule has 2 rings (SSSR count). The minimum atomic E-state index is -0.421. The number of fused-ring (bicyclic) bond motifs is 1. The standard InChI is InChI=1S/C18H26N2O2/c1-12(2)16(21)20-9-8-13-6-7-15(10-14(13)11-20)19-17(22)18(3,4)5/h6-7,10,12H,8-9,11H2,1-5H3,(H,19,22). The molecule has 0 saturated heterocycles. The fourth-order valence-electron chi connectivity index (χ4n) is 2.51. The van der Waals surface area contributed by atoms with E-state index in [1.165, 1.54) is 5.56 Å². The predicted octanol–water partition coefficient (Wildman–Crippen LogP) is 3.21. The molecule has 1 N–H and O–H groups in total. The largest absolute Gasteiger partial charge is 0.338 e. The number of nitrogens with one attached hydrogen (secondary N) is 1. The number of hydrogen-bond donors (Lipinski definition) is 1. The molecule has 0 saturated carbocycles. The third-order valence-electron chi connectivity index (χ3n) is 3.96. The van der Waals surface area contributed by atoms with Crippen LogP contribution < -0.4 is 5.32 Å². The smallest absolute Gasteiger partial charge is 0.229 e. The molecule has 22 heavy (non-hydrogen) atoms. The monoisotopic (exact) mass is 302 g/mol. The van der Waals surface area contributed by atoms with Crippen molar-refractivity contribution < 1.29 is 9.59 Å². The van der Waals surface area contributed by atoms with Crippen LogP contribution in [-0.4, -0.2) is 23.3 Å². The number of benzene rings is 1. The van der Waals surface area contributed by atoms with Gasteiger partial charge >= 0.3 is 0 Å². The van der Waals surface area contributed by atoms with Gasteiger partial charge in [-0.05, 0) is 29.7 Å². The number of hydrogen-bond acceptors (Lipinski definition) is 2. The molecular weight excluding hydrogens is 276 g/mol. The van der Waals surface area contributed by atoms with E-state index in [0.717, 1.165) is 24.2 Å². The predicted molar refractivity (Wildman–Crippen MR) is 88.5 cm³/mol. The first-order chi connectivity index (χ1) is 10.2. The van der Waals surface area contributed by atoms with E-state index < -0.39 is 5.41 Å². The first kappa shape index (κ1) is 16.5. The quantitative estimate of drug-likeness (QED) is 0.912. The third kappa shape index (κ3) is 3.67. The second kappa shape index (κ2) is 6.11. The summed E-state index contributed by atoms with van der Waals surface area (Å²) < 4.78 is 0. The summed E-state index contributed by atoms with van der Waals surface area (Å²) in [5.41, 5.74) is 2.78. The minimum absolute atomic E-state index is 0.00151. The van der Waals surface area contributed by atoms with Crippen molar-refractivity contribution in [2.45, 2.75) is 47.6 Å². The van der Waals surface area contributed by atoms with Gasteiger partial charge in [0, 0.05) is 30.1 Å². The van der Waals surface area contributed by atoms with Gasteiger partial charge in [-0.1, -0.05) is 40.7 Å². The fraction of sp³-hybridized carbons (Fsp3) is 0.556. The summed E-state index contributed by atoms with van der Waals surface area (Å²) in [6, 6.07) is 6.01. The lowest BCUT2D eigenvalue weighted by Gasteiger charge is -2.30. The van der Waals surface area contributed by atoms with Gasteiger partial charge in [-0.2, -0.15) is 0 Å². The van der Waals surface area contributed by atoms with E-state index in [9.17, 15) is 9.59 Å². The zero-order valence-corrected chi connectivity index (χ0v) is 14.2. The van der Waals surface area contributed by atoms with Gasteiger partial charge in [0.25, 0.3) is 0 Å². The van der Waals surface area contributed by atoms with Crippen LogP contribution in [-0.2, 0) is 22.6 Å². The average Bonchev–Trinajstić information content (AvgIpc) is 2.44. The van der Waals surface area contributed by atoms with Crippen LogP contribution in [0.25, 0.3) is 0 Å². The highest BCUT2D eigenvalue weighted by molar-refractivity contribution is 5.94. The molecule has 1 aromatic rings. The number of nitrogens with zero attached hydrogens (tertiary/aromatic N) is 1. The molecule has 0 aliphatic carbocycles. The van der Waals surface area contributed by atoms with Crippen molar-refractivity contribution in [2.24, 2.45) is 11.3 Å². The van der Waals surface area contributed by atoms with Crippen LogP contribution in [0.5, 0.6) is 0 Å². The van der Waals surface area contributed by atoms with Crippen LogP contribution in [0.4, 0.5) is 5.69 Å². The first-order valence-electron chi connectivity index (χ1n) is 7.90. The van der Waals surface area contributed by atoms with E-state index in [1.807, 2.05) is 51.7 Å². The summed E-state index contributed by atoms with van der Waals surface area (Å²) in [6.45, 7) is 10.9. The van der Waals surface area contributed by atoms with E-state index in [1.54, 1.807) is 0 Å². The van der Waals surface area contributed by atoms with Gasteiger partial charge in [0.1, 0.15) is 0 Å². The number of rotatable bonds is 2. The molecule has 1 aliphatic rings. The summed E-state index contributed by atoms with van der Waals surface area (Å²) in [5, 5.41) is 2.96. The molecule has 0 atom stereocenters. The Morgan fingerprint density at radius 3 is 2.45 bits per heavy atom. The third-order valence-corrected chi connectivity index (χ3v) is 3.96. The van der Waals surface area contributed by atoms with Crippen LogP contribution in [0, 0.1) is 11.3 Å². The second-order valence-corrected chi connectivity index (χ2v) is 7.35. The maximum atomic E-state index is 12.2. The highest BCUT2D eigenvalue weighted by Crippen LogP contribution is 2.25. The number of carbonyl (C=O) groups is 2. The van der Waals surface area contributed by atoms with E-state index >= 15 is 0 Å². The molecule has 120 valence electrons. The van der Waals surface area contributed by atoms with Crippen molar-refractivity contribution >= 4 is 17.5 Å². The molecular formula is C18H26N2O2. The molecule has 0 spiro atoms. The van der Waals surface area contributed by atoms with E-state index in [-0.39, 0.29) is 17.7 Å². The van der Waals surface area contributed by atoms with E-state index in [4.69, 9.17) is 0 Å². The normalized spacial score (nSPS) is 14.7.